The maximum Gasteiger partial charge on any atom is 0.226 e. The Labute approximate surface area is 143 Å². The van der Waals surface area contributed by atoms with Gasteiger partial charge in [-0.15, -0.1) is 10.2 Å². The molecule has 2 aliphatic heterocycles. The van der Waals surface area contributed by atoms with Gasteiger partial charge in [0.25, 0.3) is 0 Å². The van der Waals surface area contributed by atoms with Gasteiger partial charge in [0.2, 0.25) is 5.91 Å². The zero-order valence-corrected chi connectivity index (χ0v) is 14.5. The summed E-state index contributed by atoms with van der Waals surface area (Å²) in [5.41, 5.74) is 0. The van der Waals surface area contributed by atoms with Crippen molar-refractivity contribution in [2.45, 2.75) is 76.8 Å². The Balaban J connectivity index is 1.40. The number of likely N-dealkylation sites (tertiary alicyclic amines) is 1. The highest BCUT2D eigenvalue weighted by Crippen LogP contribution is 2.50. The summed E-state index contributed by atoms with van der Waals surface area (Å²) >= 11 is 0. The minimum atomic E-state index is 0.177. The van der Waals surface area contributed by atoms with Gasteiger partial charge in [0.05, 0.1) is 6.04 Å². The molecule has 0 radical (unpaired) electrons. The molecule has 5 nitrogen and oxygen atoms in total. The van der Waals surface area contributed by atoms with Crippen LogP contribution < -0.4 is 0 Å². The molecule has 1 aromatic rings. The molecule has 3 fully saturated rings. The first-order chi connectivity index (χ1) is 11.8. The zero-order chi connectivity index (χ0) is 16.1. The maximum atomic E-state index is 13.2. The van der Waals surface area contributed by atoms with E-state index in [0.717, 1.165) is 56.3 Å². The molecule has 0 unspecified atom stereocenters. The van der Waals surface area contributed by atoms with Crippen molar-refractivity contribution in [2.75, 3.05) is 6.54 Å². The predicted molar refractivity (Wildman–Crippen MR) is 90.2 cm³/mol. The molecule has 2 bridgehead atoms. The maximum absolute atomic E-state index is 13.2. The van der Waals surface area contributed by atoms with Crippen LogP contribution in [-0.4, -0.2) is 32.1 Å². The average molecular weight is 328 g/mol. The van der Waals surface area contributed by atoms with Gasteiger partial charge >= 0.3 is 0 Å². The van der Waals surface area contributed by atoms with Crippen LogP contribution in [0.4, 0.5) is 0 Å². The Bertz CT molecular complexity index is 639. The fraction of sp³-hybridized carbons (Fsp3) is 0.842. The normalized spacial score (nSPS) is 35.2. The highest BCUT2D eigenvalue weighted by molar-refractivity contribution is 5.80. The van der Waals surface area contributed by atoms with Crippen molar-refractivity contribution in [3.63, 3.8) is 0 Å². The molecular weight excluding hydrogens is 300 g/mol. The Hall–Kier alpha value is -1.39. The van der Waals surface area contributed by atoms with E-state index >= 15 is 0 Å². The fourth-order valence-electron chi connectivity index (χ4n) is 5.81. The van der Waals surface area contributed by atoms with Gasteiger partial charge in [-0.1, -0.05) is 12.8 Å². The summed E-state index contributed by atoms with van der Waals surface area (Å²) in [6.45, 7) is 1.95. The summed E-state index contributed by atoms with van der Waals surface area (Å²) in [7, 11) is 0. The second-order valence-corrected chi connectivity index (χ2v) is 8.41. The third-order valence-corrected chi connectivity index (χ3v) is 7.03. The molecular formula is C19H28N4O. The van der Waals surface area contributed by atoms with Gasteiger partial charge in [0.1, 0.15) is 5.82 Å². The second-order valence-electron chi connectivity index (χ2n) is 8.41. The first-order valence-corrected chi connectivity index (χ1v) is 10.0. The number of rotatable bonds is 2. The van der Waals surface area contributed by atoms with Crippen LogP contribution in [0, 0.1) is 17.8 Å². The van der Waals surface area contributed by atoms with E-state index in [-0.39, 0.29) is 6.04 Å². The fourth-order valence-corrected chi connectivity index (χ4v) is 5.81. The Morgan fingerprint density at radius 1 is 0.958 bits per heavy atom. The topological polar surface area (TPSA) is 51.0 Å². The van der Waals surface area contributed by atoms with Gasteiger partial charge in [0.15, 0.2) is 5.82 Å². The number of carbonyl (C=O) groups is 1. The number of hydrogen-bond donors (Lipinski definition) is 0. The lowest BCUT2D eigenvalue weighted by atomic mass is 9.87. The van der Waals surface area contributed by atoms with E-state index in [1.807, 2.05) is 0 Å². The number of carbonyl (C=O) groups excluding carboxylic acids is 1. The molecule has 1 aromatic heterocycles. The molecule has 130 valence electrons. The third-order valence-electron chi connectivity index (χ3n) is 7.03. The van der Waals surface area contributed by atoms with Gasteiger partial charge in [-0.25, -0.2) is 0 Å². The molecule has 0 aromatic carbocycles. The molecule has 2 aliphatic carbocycles. The van der Waals surface area contributed by atoms with Crippen LogP contribution in [0.3, 0.4) is 0 Å². The van der Waals surface area contributed by atoms with E-state index in [9.17, 15) is 4.79 Å². The predicted octanol–water partition coefficient (Wildman–Crippen LogP) is 3.10. The van der Waals surface area contributed by atoms with E-state index in [1.54, 1.807) is 0 Å². The summed E-state index contributed by atoms with van der Waals surface area (Å²) < 4.78 is 2.34. The average Bonchev–Trinajstić information content (AvgIpc) is 3.35. The van der Waals surface area contributed by atoms with E-state index in [1.165, 1.54) is 38.5 Å². The Kier molecular flexibility index (Phi) is 3.64. The molecule has 3 heterocycles. The van der Waals surface area contributed by atoms with Crippen molar-refractivity contribution in [2.24, 2.45) is 17.8 Å². The SMILES string of the molecule is O=C([C@@H]1C[C@H]2CC[C@H]1C2)N1CCC[C@H]1c1nnc2n1CCCCC2. The van der Waals surface area contributed by atoms with Gasteiger partial charge in [0, 0.05) is 25.4 Å². The van der Waals surface area contributed by atoms with Gasteiger partial charge in [-0.3, -0.25) is 4.79 Å². The van der Waals surface area contributed by atoms with Crippen molar-refractivity contribution >= 4 is 5.91 Å². The lowest BCUT2D eigenvalue weighted by Crippen LogP contribution is -2.38. The van der Waals surface area contributed by atoms with Crippen molar-refractivity contribution in [1.29, 1.82) is 0 Å². The van der Waals surface area contributed by atoms with Crippen molar-refractivity contribution in [3.8, 4) is 0 Å². The lowest BCUT2D eigenvalue weighted by molar-refractivity contribution is -0.138. The van der Waals surface area contributed by atoms with Crippen LogP contribution in [0.1, 0.15) is 75.5 Å². The minimum absolute atomic E-state index is 0.177. The van der Waals surface area contributed by atoms with E-state index in [4.69, 9.17) is 0 Å². The molecule has 1 saturated heterocycles. The molecule has 24 heavy (non-hydrogen) atoms. The number of hydrogen-bond acceptors (Lipinski definition) is 3. The summed E-state index contributed by atoms with van der Waals surface area (Å²) in [4.78, 5) is 15.4. The molecule has 0 N–H and O–H groups in total. The molecule has 5 rings (SSSR count). The number of aromatic nitrogens is 3. The second kappa shape index (κ2) is 5.85. The summed E-state index contributed by atoms with van der Waals surface area (Å²) in [6.07, 6.45) is 12.0. The smallest absolute Gasteiger partial charge is 0.226 e. The Morgan fingerprint density at radius 2 is 1.92 bits per heavy atom. The first-order valence-electron chi connectivity index (χ1n) is 10.0. The highest BCUT2D eigenvalue weighted by Gasteiger charge is 2.46. The van der Waals surface area contributed by atoms with Crippen LogP contribution in [0.5, 0.6) is 0 Å². The minimum Gasteiger partial charge on any atom is -0.332 e. The van der Waals surface area contributed by atoms with E-state index in [2.05, 4.69) is 19.7 Å². The van der Waals surface area contributed by atoms with Crippen molar-refractivity contribution in [3.05, 3.63) is 11.6 Å². The van der Waals surface area contributed by atoms with Crippen LogP contribution in [0.25, 0.3) is 0 Å². The third kappa shape index (κ3) is 2.31. The molecule has 1 amide bonds. The van der Waals surface area contributed by atoms with Crippen LogP contribution in [-0.2, 0) is 17.8 Å². The lowest BCUT2D eigenvalue weighted by Gasteiger charge is -2.30. The van der Waals surface area contributed by atoms with Crippen LogP contribution >= 0.6 is 0 Å². The number of amides is 1. The van der Waals surface area contributed by atoms with E-state index in [0.29, 0.717) is 17.7 Å². The molecule has 4 atom stereocenters. The van der Waals surface area contributed by atoms with Crippen molar-refractivity contribution < 1.29 is 4.79 Å². The number of aryl methyl sites for hydroxylation is 1. The Morgan fingerprint density at radius 3 is 2.75 bits per heavy atom. The number of nitrogens with zero attached hydrogens (tertiary/aromatic N) is 4. The zero-order valence-electron chi connectivity index (χ0n) is 14.5. The largest absolute Gasteiger partial charge is 0.332 e. The summed E-state index contributed by atoms with van der Waals surface area (Å²) in [6, 6.07) is 0.177. The molecule has 2 saturated carbocycles. The quantitative estimate of drug-likeness (QED) is 0.838. The van der Waals surface area contributed by atoms with Crippen LogP contribution in [0.2, 0.25) is 0 Å². The van der Waals surface area contributed by atoms with Gasteiger partial charge < -0.3 is 9.47 Å². The monoisotopic (exact) mass is 328 g/mol. The number of fused-ring (bicyclic) bond motifs is 3. The molecule has 5 heteroatoms. The van der Waals surface area contributed by atoms with Gasteiger partial charge in [-0.05, 0) is 56.8 Å². The highest BCUT2D eigenvalue weighted by atomic mass is 16.2. The summed E-state index contributed by atoms with van der Waals surface area (Å²) in [5.74, 6) is 4.43. The van der Waals surface area contributed by atoms with E-state index < -0.39 is 0 Å². The standard InChI is InChI=1S/C19H28N4O/c24-19(15-12-13-7-8-14(15)11-13)22-10-4-5-16(22)18-21-20-17-6-2-1-3-9-23(17)18/h13-16H,1-12H2/t13-,14-,15+,16-/m0/s1. The van der Waals surface area contributed by atoms with Gasteiger partial charge in [-0.2, -0.15) is 0 Å². The summed E-state index contributed by atoms with van der Waals surface area (Å²) in [5, 5.41) is 9.01. The molecule has 0 spiro atoms. The molecule has 4 aliphatic rings. The van der Waals surface area contributed by atoms with Crippen molar-refractivity contribution in [1.82, 2.24) is 19.7 Å². The first kappa shape index (κ1) is 14.9. The van der Waals surface area contributed by atoms with Crippen LogP contribution in [0.15, 0.2) is 0 Å².